The molecule has 0 radical (unpaired) electrons. The maximum atomic E-state index is 12.5. The Morgan fingerprint density at radius 3 is 2.16 bits per heavy atom. The Balaban J connectivity index is 2.14. The van der Waals surface area contributed by atoms with Crippen LogP contribution in [0, 0.1) is 0 Å². The van der Waals surface area contributed by atoms with E-state index in [0.29, 0.717) is 29.5 Å². The monoisotopic (exact) mass is 400 g/mol. The molecule has 0 saturated carbocycles. The molecule has 0 atom stereocenters. The van der Waals surface area contributed by atoms with Gasteiger partial charge in [0.15, 0.2) is 0 Å². The second-order valence-electron chi connectivity index (χ2n) is 5.48. The smallest absolute Gasteiger partial charge is 0.253 e. The number of hydrogen-bond acceptors (Lipinski definition) is 4. The summed E-state index contributed by atoms with van der Waals surface area (Å²) >= 11 is 7.33. The van der Waals surface area contributed by atoms with Gasteiger partial charge in [0.1, 0.15) is 0 Å². The molecule has 0 spiro atoms. The van der Waals surface area contributed by atoms with Crippen LogP contribution >= 0.6 is 22.9 Å². The fraction of sp³-hybridized carbons (Fsp3) is 0.353. The van der Waals surface area contributed by atoms with Crippen molar-refractivity contribution in [3.8, 4) is 0 Å². The van der Waals surface area contributed by atoms with Crippen LogP contribution in [0.1, 0.15) is 29.1 Å². The lowest BCUT2D eigenvalue weighted by molar-refractivity contribution is 0.0786. The SMILES string of the molecule is CCN(CC)S(=O)(=O)c1ccc(C(=O)N(C)Cc2ccc(Cl)s2)cc1. The lowest BCUT2D eigenvalue weighted by atomic mass is 10.2. The lowest BCUT2D eigenvalue weighted by Crippen LogP contribution is -2.30. The maximum absolute atomic E-state index is 12.5. The number of halogens is 1. The molecule has 1 aromatic carbocycles. The largest absolute Gasteiger partial charge is 0.337 e. The molecular weight excluding hydrogens is 380 g/mol. The zero-order valence-corrected chi connectivity index (χ0v) is 16.8. The van der Waals surface area contributed by atoms with Gasteiger partial charge in [-0.25, -0.2) is 8.42 Å². The van der Waals surface area contributed by atoms with Crippen molar-refractivity contribution < 1.29 is 13.2 Å². The Bertz CT molecular complexity index is 828. The molecule has 2 rings (SSSR count). The predicted molar refractivity (Wildman–Crippen MR) is 102 cm³/mol. The minimum Gasteiger partial charge on any atom is -0.337 e. The molecule has 0 aliphatic rings. The molecule has 0 aliphatic carbocycles. The number of carbonyl (C=O) groups is 1. The molecule has 0 unspecified atom stereocenters. The Hall–Kier alpha value is -1.41. The summed E-state index contributed by atoms with van der Waals surface area (Å²) in [7, 11) is -1.81. The molecule has 2 aromatic rings. The Kier molecular flexibility index (Phi) is 6.62. The molecule has 0 N–H and O–H groups in total. The van der Waals surface area contributed by atoms with E-state index < -0.39 is 10.0 Å². The van der Waals surface area contributed by atoms with Crippen molar-refractivity contribution in [2.75, 3.05) is 20.1 Å². The zero-order chi connectivity index (χ0) is 18.6. The third kappa shape index (κ3) is 4.61. The van der Waals surface area contributed by atoms with Crippen LogP contribution in [0.15, 0.2) is 41.3 Å². The van der Waals surface area contributed by atoms with Gasteiger partial charge in [0.05, 0.1) is 15.8 Å². The highest BCUT2D eigenvalue weighted by molar-refractivity contribution is 7.89. The second kappa shape index (κ2) is 8.31. The van der Waals surface area contributed by atoms with Gasteiger partial charge in [-0.05, 0) is 36.4 Å². The molecular formula is C17H21ClN2O3S2. The van der Waals surface area contributed by atoms with Crippen molar-refractivity contribution in [2.24, 2.45) is 0 Å². The van der Waals surface area contributed by atoms with E-state index in [2.05, 4.69) is 0 Å². The molecule has 5 nitrogen and oxygen atoms in total. The van der Waals surface area contributed by atoms with Crippen LogP contribution in [-0.4, -0.2) is 43.7 Å². The van der Waals surface area contributed by atoms with E-state index in [4.69, 9.17) is 11.6 Å². The molecule has 0 saturated heterocycles. The van der Waals surface area contributed by atoms with Gasteiger partial charge < -0.3 is 4.90 Å². The first kappa shape index (κ1) is 19.9. The van der Waals surface area contributed by atoms with Gasteiger partial charge in [0, 0.05) is 30.6 Å². The summed E-state index contributed by atoms with van der Waals surface area (Å²) in [5.41, 5.74) is 0.448. The van der Waals surface area contributed by atoms with Gasteiger partial charge in [0.2, 0.25) is 10.0 Å². The number of carbonyl (C=O) groups excluding carboxylic acids is 1. The molecule has 25 heavy (non-hydrogen) atoms. The van der Waals surface area contributed by atoms with Crippen LogP contribution in [0.5, 0.6) is 0 Å². The Morgan fingerprint density at radius 2 is 1.68 bits per heavy atom. The van der Waals surface area contributed by atoms with Crippen LogP contribution in [0.2, 0.25) is 4.34 Å². The van der Waals surface area contributed by atoms with Crippen LogP contribution in [0.3, 0.4) is 0 Å². The van der Waals surface area contributed by atoms with Gasteiger partial charge in [0.25, 0.3) is 5.91 Å². The molecule has 8 heteroatoms. The summed E-state index contributed by atoms with van der Waals surface area (Å²) in [5.74, 6) is -0.170. The van der Waals surface area contributed by atoms with Crippen LogP contribution in [-0.2, 0) is 16.6 Å². The fourth-order valence-electron chi connectivity index (χ4n) is 2.44. The Morgan fingerprint density at radius 1 is 1.08 bits per heavy atom. The summed E-state index contributed by atoms with van der Waals surface area (Å²) in [6.45, 7) is 4.86. The number of hydrogen-bond donors (Lipinski definition) is 0. The quantitative estimate of drug-likeness (QED) is 0.711. The number of benzene rings is 1. The number of thiophene rings is 1. The average molecular weight is 401 g/mol. The summed E-state index contributed by atoms with van der Waals surface area (Å²) in [4.78, 5) is 15.3. The van der Waals surface area contributed by atoms with Crippen molar-refractivity contribution in [3.05, 3.63) is 51.2 Å². The first-order valence-corrected chi connectivity index (χ1v) is 10.5. The maximum Gasteiger partial charge on any atom is 0.253 e. The minimum atomic E-state index is -3.51. The first-order chi connectivity index (χ1) is 11.8. The molecule has 1 amide bonds. The first-order valence-electron chi connectivity index (χ1n) is 7.89. The third-order valence-corrected chi connectivity index (χ3v) is 7.09. The number of amides is 1. The molecule has 0 bridgehead atoms. The average Bonchev–Trinajstić information content (AvgIpc) is 3.00. The highest BCUT2D eigenvalue weighted by Gasteiger charge is 2.22. The standard InChI is InChI=1S/C17H21ClN2O3S2/c1-4-20(5-2)25(22,23)15-9-6-13(7-10-15)17(21)19(3)12-14-8-11-16(18)24-14/h6-11H,4-5,12H2,1-3H3. The molecule has 0 fully saturated rings. The van der Waals surface area contributed by atoms with E-state index >= 15 is 0 Å². The van der Waals surface area contributed by atoms with Crippen molar-refractivity contribution in [2.45, 2.75) is 25.3 Å². The van der Waals surface area contributed by atoms with Crippen LogP contribution in [0.4, 0.5) is 0 Å². The van der Waals surface area contributed by atoms with Gasteiger partial charge in [-0.1, -0.05) is 25.4 Å². The second-order valence-corrected chi connectivity index (χ2v) is 9.22. The summed E-state index contributed by atoms with van der Waals surface area (Å²) in [6, 6.07) is 9.75. The lowest BCUT2D eigenvalue weighted by Gasteiger charge is -2.19. The van der Waals surface area contributed by atoms with Crippen molar-refractivity contribution in [3.63, 3.8) is 0 Å². The number of rotatable bonds is 7. The highest BCUT2D eigenvalue weighted by atomic mass is 35.5. The Labute approximate surface area is 157 Å². The fourth-order valence-corrected chi connectivity index (χ4v) is 5.04. The highest BCUT2D eigenvalue weighted by Crippen LogP contribution is 2.23. The van der Waals surface area contributed by atoms with Gasteiger partial charge >= 0.3 is 0 Å². The topological polar surface area (TPSA) is 57.7 Å². The van der Waals surface area contributed by atoms with E-state index in [9.17, 15) is 13.2 Å². The molecule has 0 aliphatic heterocycles. The minimum absolute atomic E-state index is 0.170. The zero-order valence-electron chi connectivity index (χ0n) is 14.4. The van der Waals surface area contributed by atoms with Crippen molar-refractivity contribution in [1.29, 1.82) is 0 Å². The summed E-state index contributed by atoms with van der Waals surface area (Å²) in [6.07, 6.45) is 0. The van der Waals surface area contributed by atoms with E-state index in [0.717, 1.165) is 4.88 Å². The number of nitrogens with zero attached hydrogens (tertiary/aromatic N) is 2. The van der Waals surface area contributed by atoms with E-state index in [1.54, 1.807) is 44.0 Å². The predicted octanol–water partition coefficient (Wildman–Crippen LogP) is 3.70. The molecule has 136 valence electrons. The summed E-state index contributed by atoms with van der Waals surface area (Å²) in [5, 5.41) is 0. The summed E-state index contributed by atoms with van der Waals surface area (Å²) < 4.78 is 27.0. The molecule has 1 heterocycles. The molecule has 1 aromatic heterocycles. The van der Waals surface area contributed by atoms with Gasteiger partial charge in [-0.2, -0.15) is 4.31 Å². The van der Waals surface area contributed by atoms with E-state index in [1.165, 1.54) is 27.8 Å². The van der Waals surface area contributed by atoms with Crippen LogP contribution in [0.25, 0.3) is 0 Å². The van der Waals surface area contributed by atoms with Gasteiger partial charge in [-0.15, -0.1) is 11.3 Å². The van der Waals surface area contributed by atoms with Gasteiger partial charge in [-0.3, -0.25) is 4.79 Å². The normalized spacial score (nSPS) is 11.7. The number of sulfonamides is 1. The van der Waals surface area contributed by atoms with Crippen LogP contribution < -0.4 is 0 Å². The van der Waals surface area contributed by atoms with E-state index in [1.807, 2.05) is 6.07 Å². The van der Waals surface area contributed by atoms with Crippen molar-refractivity contribution >= 4 is 38.9 Å². The third-order valence-electron chi connectivity index (χ3n) is 3.81. The van der Waals surface area contributed by atoms with E-state index in [-0.39, 0.29) is 10.8 Å². The van der Waals surface area contributed by atoms with Crippen molar-refractivity contribution in [1.82, 2.24) is 9.21 Å².